The Bertz CT molecular complexity index is 665. The summed E-state index contributed by atoms with van der Waals surface area (Å²) in [7, 11) is 0. The van der Waals surface area contributed by atoms with E-state index < -0.39 is 11.3 Å². The van der Waals surface area contributed by atoms with Crippen LogP contribution in [-0.4, -0.2) is 20.2 Å². The van der Waals surface area contributed by atoms with Crippen molar-refractivity contribution in [2.45, 2.75) is 0 Å². The molecule has 0 aliphatic heterocycles. The van der Waals surface area contributed by atoms with Crippen LogP contribution in [0.3, 0.4) is 0 Å². The second-order valence-electron chi connectivity index (χ2n) is 3.96. The fourth-order valence-electron chi connectivity index (χ4n) is 1.80. The Balaban J connectivity index is 2.57. The Kier molecular flexibility index (Phi) is 5.81. The minimum Gasteiger partial charge on any atom is -0.289 e. The van der Waals surface area contributed by atoms with Crippen LogP contribution in [0.1, 0.15) is 0 Å². The Morgan fingerprint density at radius 2 is 1.86 bits per heavy atom. The van der Waals surface area contributed by atoms with Crippen molar-refractivity contribution in [3.05, 3.63) is 59.6 Å². The number of halogens is 1. The van der Waals surface area contributed by atoms with E-state index in [0.29, 0.717) is 10.2 Å². The van der Waals surface area contributed by atoms with Crippen molar-refractivity contribution in [2.24, 2.45) is 4.40 Å². The molecule has 0 saturated heterocycles. The van der Waals surface area contributed by atoms with Crippen molar-refractivity contribution >= 4 is 51.2 Å². The van der Waals surface area contributed by atoms with Crippen LogP contribution in [0.2, 0.25) is 5.02 Å². The highest BCUT2D eigenvalue weighted by molar-refractivity contribution is 8.14. The minimum absolute atomic E-state index is 0.407. The maximum absolute atomic E-state index is 11.1. The van der Waals surface area contributed by atoms with E-state index in [4.69, 9.17) is 16.2 Å². The molecule has 2 aromatic carbocycles. The van der Waals surface area contributed by atoms with E-state index in [0.717, 1.165) is 11.4 Å². The lowest BCUT2D eigenvalue weighted by Gasteiger charge is -2.24. The van der Waals surface area contributed by atoms with Gasteiger partial charge in [-0.2, -0.15) is 0 Å². The first-order valence-electron chi connectivity index (χ1n) is 5.96. The average Bonchev–Trinajstić information content (AvgIpc) is 2.47. The molecule has 0 aliphatic carbocycles. The van der Waals surface area contributed by atoms with Crippen LogP contribution in [0.15, 0.2) is 59.0 Å². The molecule has 0 aromatic heterocycles. The second-order valence-corrected chi connectivity index (χ2v) is 5.81. The molecule has 0 aliphatic rings. The van der Waals surface area contributed by atoms with Gasteiger partial charge in [0.1, 0.15) is 0 Å². The Hall–Kier alpha value is -1.34. The molecule has 0 fully saturated rings. The van der Waals surface area contributed by atoms with E-state index in [-0.39, 0.29) is 0 Å². The number of amidine groups is 1. The maximum atomic E-state index is 11.1. The van der Waals surface area contributed by atoms with Gasteiger partial charge in [0.05, 0.1) is 0 Å². The maximum Gasteiger partial charge on any atom is 0.284 e. The molecule has 0 amide bonds. The molecule has 4 nitrogen and oxygen atoms in total. The van der Waals surface area contributed by atoms with Crippen LogP contribution in [0.4, 0.5) is 11.4 Å². The van der Waals surface area contributed by atoms with Crippen molar-refractivity contribution in [3.8, 4) is 0 Å². The highest BCUT2D eigenvalue weighted by Gasteiger charge is 2.16. The summed E-state index contributed by atoms with van der Waals surface area (Å²) < 4.78 is 23.9. The van der Waals surface area contributed by atoms with Gasteiger partial charge in [0, 0.05) is 16.4 Å². The number of hydrogen-bond acceptors (Lipinski definition) is 2. The number of rotatable bonds is 3. The summed E-state index contributed by atoms with van der Waals surface area (Å²) in [4.78, 5) is 1.78. The van der Waals surface area contributed by atoms with Gasteiger partial charge in [-0.15, -0.1) is 4.40 Å². The van der Waals surface area contributed by atoms with Crippen molar-refractivity contribution in [3.63, 3.8) is 0 Å². The molecule has 21 heavy (non-hydrogen) atoms. The fourth-order valence-corrected chi connectivity index (χ4v) is 3.08. The van der Waals surface area contributed by atoms with Gasteiger partial charge in [-0.25, -0.2) is 4.21 Å². The van der Waals surface area contributed by atoms with Crippen LogP contribution in [0.5, 0.6) is 0 Å². The molecular weight excluding hydrogens is 328 g/mol. The van der Waals surface area contributed by atoms with Gasteiger partial charge in [0.25, 0.3) is 11.3 Å². The van der Waals surface area contributed by atoms with Gasteiger partial charge < -0.3 is 0 Å². The SMILES string of the molecule is CSC(=NS(=O)O)N(c1ccccc1)c1cccc(Cl)c1. The topological polar surface area (TPSA) is 52.9 Å². The molecule has 0 spiro atoms. The number of hydrogen-bond donors (Lipinski definition) is 1. The molecule has 1 unspecified atom stereocenters. The third kappa shape index (κ3) is 4.31. The van der Waals surface area contributed by atoms with E-state index in [1.807, 2.05) is 42.5 Å². The number of nitrogens with zero attached hydrogens (tertiary/aromatic N) is 2. The van der Waals surface area contributed by atoms with E-state index in [1.54, 1.807) is 23.3 Å². The predicted octanol–water partition coefficient (Wildman–Crippen LogP) is 4.33. The first kappa shape index (κ1) is 16.0. The van der Waals surface area contributed by atoms with E-state index in [9.17, 15) is 4.21 Å². The van der Waals surface area contributed by atoms with Crippen molar-refractivity contribution < 1.29 is 8.76 Å². The van der Waals surface area contributed by atoms with E-state index in [2.05, 4.69) is 4.40 Å². The lowest BCUT2D eigenvalue weighted by Crippen LogP contribution is -2.23. The largest absolute Gasteiger partial charge is 0.289 e. The molecule has 110 valence electrons. The van der Waals surface area contributed by atoms with Gasteiger partial charge in [-0.05, 0) is 36.6 Å². The zero-order valence-corrected chi connectivity index (χ0v) is 13.5. The summed E-state index contributed by atoms with van der Waals surface area (Å²) in [6.45, 7) is 0. The molecule has 0 radical (unpaired) electrons. The van der Waals surface area contributed by atoms with Crippen molar-refractivity contribution in [2.75, 3.05) is 11.2 Å². The van der Waals surface area contributed by atoms with Crippen LogP contribution in [-0.2, 0) is 11.3 Å². The zero-order chi connectivity index (χ0) is 15.2. The van der Waals surface area contributed by atoms with Crippen LogP contribution < -0.4 is 4.90 Å². The van der Waals surface area contributed by atoms with Gasteiger partial charge >= 0.3 is 0 Å². The first-order chi connectivity index (χ1) is 10.1. The van der Waals surface area contributed by atoms with Crippen LogP contribution in [0.25, 0.3) is 0 Å². The Morgan fingerprint density at radius 1 is 1.19 bits per heavy atom. The molecule has 1 N–H and O–H groups in total. The monoisotopic (exact) mass is 340 g/mol. The summed E-state index contributed by atoms with van der Waals surface area (Å²) in [5.74, 6) is 0. The summed E-state index contributed by atoms with van der Waals surface area (Å²) in [6, 6.07) is 16.7. The smallest absolute Gasteiger partial charge is 0.284 e. The summed E-state index contributed by atoms with van der Waals surface area (Å²) in [5, 5.41) is 0.989. The van der Waals surface area contributed by atoms with Crippen molar-refractivity contribution in [1.82, 2.24) is 0 Å². The van der Waals surface area contributed by atoms with Crippen LogP contribution in [0, 0.1) is 0 Å². The van der Waals surface area contributed by atoms with E-state index in [1.165, 1.54) is 11.8 Å². The minimum atomic E-state index is -2.28. The summed E-state index contributed by atoms with van der Waals surface area (Å²) in [6.07, 6.45) is 1.80. The second kappa shape index (κ2) is 7.61. The number of benzene rings is 2. The molecule has 0 saturated carbocycles. The summed E-state index contributed by atoms with van der Waals surface area (Å²) in [5.41, 5.74) is 1.60. The average molecular weight is 341 g/mol. The third-order valence-electron chi connectivity index (χ3n) is 2.61. The standard InChI is InChI=1S/C14H13ClN2O2S2/c1-20-14(16-21(18)19)17(12-7-3-2-4-8-12)13-9-5-6-11(15)10-13/h2-10H,1H3,(H,18,19). The fraction of sp³-hybridized carbons (Fsp3) is 0.0714. The Morgan fingerprint density at radius 3 is 2.43 bits per heavy atom. The number of thioether (sulfide) groups is 1. The molecule has 7 heteroatoms. The molecule has 1 atom stereocenters. The van der Waals surface area contributed by atoms with Crippen LogP contribution >= 0.6 is 23.4 Å². The zero-order valence-electron chi connectivity index (χ0n) is 11.1. The number of para-hydroxylation sites is 1. The Labute approximate surface area is 135 Å². The third-order valence-corrected chi connectivity index (χ3v) is 3.93. The normalized spacial score (nSPS) is 13.0. The highest BCUT2D eigenvalue weighted by Crippen LogP contribution is 2.30. The molecule has 2 rings (SSSR count). The lowest BCUT2D eigenvalue weighted by atomic mass is 10.2. The molecule has 2 aromatic rings. The van der Waals surface area contributed by atoms with Gasteiger partial charge in [-0.1, -0.05) is 47.6 Å². The first-order valence-corrected chi connectivity index (χ1v) is 8.63. The van der Waals surface area contributed by atoms with E-state index >= 15 is 0 Å². The van der Waals surface area contributed by atoms with Crippen molar-refractivity contribution in [1.29, 1.82) is 0 Å². The molecule has 0 bridgehead atoms. The molecule has 0 heterocycles. The predicted molar refractivity (Wildman–Crippen MR) is 91.8 cm³/mol. The molecular formula is C14H13ClN2O2S2. The van der Waals surface area contributed by atoms with Gasteiger partial charge in [-0.3, -0.25) is 9.45 Å². The van der Waals surface area contributed by atoms with Gasteiger partial charge in [0.2, 0.25) is 0 Å². The highest BCUT2D eigenvalue weighted by atomic mass is 35.5. The summed E-state index contributed by atoms with van der Waals surface area (Å²) >= 11 is 5.05. The lowest BCUT2D eigenvalue weighted by molar-refractivity contribution is 0.566. The number of anilines is 2. The quantitative estimate of drug-likeness (QED) is 0.513. The van der Waals surface area contributed by atoms with Gasteiger partial charge in [0.15, 0.2) is 5.17 Å².